The van der Waals surface area contributed by atoms with Gasteiger partial charge >= 0.3 is 23.9 Å². The molecule has 8 heterocycles. The van der Waals surface area contributed by atoms with Gasteiger partial charge in [0, 0.05) is 134 Å². The van der Waals surface area contributed by atoms with E-state index in [1.54, 1.807) is 38.1 Å². The van der Waals surface area contributed by atoms with E-state index < -0.39 is 266 Å². The summed E-state index contributed by atoms with van der Waals surface area (Å²) in [5, 5.41) is 68.6. The molecule has 20 amide bonds. The van der Waals surface area contributed by atoms with E-state index in [9.17, 15) is 135 Å². The summed E-state index contributed by atoms with van der Waals surface area (Å²) in [6.45, 7) is 12.7. The van der Waals surface area contributed by atoms with Crippen molar-refractivity contribution in [3.05, 3.63) is 151 Å². The van der Waals surface area contributed by atoms with E-state index in [1.165, 1.54) is 127 Å². The molecular formula is C102H114N16O28S4. The lowest BCUT2D eigenvalue weighted by Gasteiger charge is -2.32. The van der Waals surface area contributed by atoms with Crippen molar-refractivity contribution in [2.75, 3.05) is 52.4 Å². The fourth-order valence-electron chi connectivity index (χ4n) is 17.6. The lowest BCUT2D eigenvalue weighted by molar-refractivity contribution is -0.144. The molecule has 4 aliphatic heterocycles. The largest absolute Gasteiger partial charge is 0.481 e. The van der Waals surface area contributed by atoms with E-state index in [4.69, 9.17) is 0 Å². The fourth-order valence-corrected chi connectivity index (χ4v) is 21.7. The molecule has 794 valence electrons. The molecule has 16 N–H and O–H groups in total. The topological polar surface area (TPSA) is 648 Å². The molecule has 8 aromatic rings. The van der Waals surface area contributed by atoms with E-state index in [1.807, 2.05) is 24.3 Å². The Morgan fingerprint density at radius 2 is 0.513 bits per heavy atom. The van der Waals surface area contributed by atoms with Crippen molar-refractivity contribution in [2.24, 2.45) is 23.7 Å². The Bertz CT molecular complexity index is 6250. The number of nitrogens with one attached hydrogen (secondary N) is 12. The molecule has 0 aliphatic carbocycles. The summed E-state index contributed by atoms with van der Waals surface area (Å²) in [6.07, 6.45) is -1.45. The highest BCUT2D eigenvalue weighted by atomic mass is 32.1. The van der Waals surface area contributed by atoms with Crippen molar-refractivity contribution in [1.82, 2.24) is 83.4 Å². The molecule has 0 radical (unpaired) electrons. The molecule has 12 rings (SSSR count). The van der Waals surface area contributed by atoms with Crippen LogP contribution in [0.15, 0.2) is 97.1 Å². The highest BCUT2D eigenvalue weighted by Crippen LogP contribution is 2.45. The molecule has 4 aromatic heterocycles. The van der Waals surface area contributed by atoms with E-state index in [0.717, 1.165) is 61.8 Å². The third-order valence-corrected chi connectivity index (χ3v) is 30.3. The number of carbonyl (C=O) groups excluding carboxylic acids is 20. The number of hydrogen-bond donors (Lipinski definition) is 16. The van der Waals surface area contributed by atoms with Gasteiger partial charge in [0.1, 0.15) is 48.3 Å². The summed E-state index contributed by atoms with van der Waals surface area (Å²) in [5.41, 5.74) is 0.894. The van der Waals surface area contributed by atoms with Crippen LogP contribution in [-0.2, 0) is 67.1 Å². The smallest absolute Gasteiger partial charge is 0.326 e. The summed E-state index contributed by atoms with van der Waals surface area (Å²) in [7, 11) is 0. The van der Waals surface area contributed by atoms with Gasteiger partial charge in [-0.05, 0) is 185 Å². The second kappa shape index (κ2) is 49.9. The third-order valence-electron chi connectivity index (χ3n) is 25.4. The van der Waals surface area contributed by atoms with E-state index in [2.05, 4.69) is 63.8 Å². The molecule has 0 saturated heterocycles. The number of thiophene rings is 4. The zero-order valence-electron chi connectivity index (χ0n) is 83.3. The van der Waals surface area contributed by atoms with Crippen molar-refractivity contribution in [2.45, 2.75) is 195 Å². The number of amides is 20. The monoisotopic (exact) mass is 2140 g/mol. The highest BCUT2D eigenvalue weighted by molar-refractivity contribution is 7.29. The average molecular weight is 2140 g/mol. The molecule has 48 heteroatoms. The standard InChI is InChI=1S/C102H114N16O28S4/c1-11-39-115-93(135)51-19-23-55-79-56(24-20-52(77(51)79)94(115)136)98(140)117(97(55)139)41-15-13-17-59(85(127)103-45-73(121)111-81(47(3)4)91(133)109-61(27-37-75(123)124)87(129)113-83(49(7)8)101(143)144)107-71(119)43-105-89(131)69-35-33-67(149-69)65-31-29-63(147-65)64-30-32-66(148-64)68-34-36-70(150-68)90(132)106-44-72(120)108-60(86(128)104-46-74(122)112-82(48(5)6)92(134)110-62(28-38-76(125)126)88(130)114-84(50(9)10)102(145)146)18-14-16-42-118-99(141)57-25-21-53-78-54(22-26-58(80(57)78)100(118)142)96(138)116(40-12-2)95(53)137/h19-26,29-36,47-50,59-62,81-84H,11-18,27-28,37-46H2,1-10H3,(H,103,127)(H,104,128)(H,105,131)(H,106,132)(H,107,119)(H,108,120)(H,109,133)(H,110,134)(H,111,121)(H,112,122)(H,113,129)(H,114,130)(H,123,124)(H,125,126)(H,143,144)(H,145,146)/t59-,60-,61-,62-,81-,82-,83-,84-/m0/s1. The van der Waals surface area contributed by atoms with Crippen molar-refractivity contribution >= 4 is 209 Å². The van der Waals surface area contributed by atoms with Crippen LogP contribution in [-0.4, -0.2) is 283 Å². The molecular weight excluding hydrogens is 2030 g/mol. The number of imide groups is 4. The number of carboxylic acid groups (broad SMARTS) is 4. The van der Waals surface area contributed by atoms with Gasteiger partial charge in [-0.2, -0.15) is 0 Å². The van der Waals surface area contributed by atoms with Gasteiger partial charge in [-0.3, -0.25) is 125 Å². The number of carboxylic acids is 4. The predicted octanol–water partition coefficient (Wildman–Crippen LogP) is 6.28. The van der Waals surface area contributed by atoms with Crippen molar-refractivity contribution in [1.29, 1.82) is 0 Å². The zero-order chi connectivity index (χ0) is 109. The summed E-state index contributed by atoms with van der Waals surface area (Å²) in [6, 6.07) is 13.7. The minimum absolute atomic E-state index is 0.0314. The Kier molecular flexibility index (Phi) is 37.6. The predicted molar refractivity (Wildman–Crippen MR) is 546 cm³/mol. The maximum absolute atomic E-state index is 14.2. The number of nitrogens with zero attached hydrogens (tertiary/aromatic N) is 4. The Balaban J connectivity index is 0.665. The number of benzene rings is 4. The van der Waals surface area contributed by atoms with Gasteiger partial charge < -0.3 is 84.2 Å². The molecule has 4 aliphatic rings. The fraction of sp³-hybridized carbons (Fsp3) is 0.412. The van der Waals surface area contributed by atoms with Crippen molar-refractivity contribution < 1.29 is 135 Å². The van der Waals surface area contributed by atoms with Crippen LogP contribution in [0, 0.1) is 23.7 Å². The van der Waals surface area contributed by atoms with Gasteiger partial charge in [-0.15, -0.1) is 45.3 Å². The van der Waals surface area contributed by atoms with Crippen molar-refractivity contribution in [3.8, 4) is 29.3 Å². The van der Waals surface area contributed by atoms with E-state index in [-0.39, 0.29) is 141 Å². The van der Waals surface area contributed by atoms with Gasteiger partial charge in [-0.1, -0.05) is 69.2 Å². The third kappa shape index (κ3) is 26.3. The SMILES string of the molecule is CCCN1C(=O)c2ccc3c4c(ccc(c24)C1=O)C(=O)N(CCCC[C@H](NC(=O)CNC(=O)c1ccc(-c2ccc(-c4ccc(-c5ccc(C(=O)NCC(=O)N[C@@H](CCCCN6C(=O)c7ccc8c9c(ccc(c79)C6=O)C(=O)N(CCC)C8=O)C(=O)NCC(=O)N[C@H](C(=O)N[C@@H](CCC(=O)O)C(=O)N[C@H](C(=O)O)C(C)C)C(C)C)s5)s4)s2)s1)C(=O)NCC(=O)N[C@H](C(=O)N[C@@H](CCC(=O)O)C(=O)N[C@H](C(=O)O)C(C)C)C(C)C)C3=O. The van der Waals surface area contributed by atoms with Crippen LogP contribution in [0.4, 0.5) is 0 Å². The maximum Gasteiger partial charge on any atom is 0.326 e. The quantitative estimate of drug-likeness (QED) is 0.0147. The van der Waals surface area contributed by atoms with Gasteiger partial charge in [0.25, 0.3) is 59.1 Å². The first kappa shape index (κ1) is 113. The first-order chi connectivity index (χ1) is 71.2. The van der Waals surface area contributed by atoms with E-state index in [0.29, 0.717) is 22.6 Å². The summed E-state index contributed by atoms with van der Waals surface area (Å²) >= 11 is 5.00. The minimum Gasteiger partial charge on any atom is -0.481 e. The van der Waals surface area contributed by atoms with E-state index >= 15 is 0 Å². The Morgan fingerprint density at radius 3 is 0.773 bits per heavy atom. The van der Waals surface area contributed by atoms with Crippen molar-refractivity contribution in [3.63, 3.8) is 0 Å². The number of aliphatic carboxylic acids is 4. The second-order valence-electron chi connectivity index (χ2n) is 37.6. The normalized spacial score (nSPS) is 14.7. The lowest BCUT2D eigenvalue weighted by atomic mass is 9.86. The summed E-state index contributed by atoms with van der Waals surface area (Å²) < 4.78 is 0. The second-order valence-corrected chi connectivity index (χ2v) is 41.9. The van der Waals surface area contributed by atoms with Gasteiger partial charge in [0.15, 0.2) is 0 Å². The first-order valence-corrected chi connectivity index (χ1v) is 51.9. The maximum atomic E-state index is 14.2. The lowest BCUT2D eigenvalue weighted by Crippen LogP contribution is -2.58. The molecule has 4 aromatic carbocycles. The van der Waals surface area contributed by atoms with Crippen LogP contribution in [0.5, 0.6) is 0 Å². The van der Waals surface area contributed by atoms with Crippen LogP contribution >= 0.6 is 45.3 Å². The van der Waals surface area contributed by atoms with Crippen LogP contribution in [0.25, 0.3) is 50.8 Å². The number of carbonyl (C=O) groups is 24. The summed E-state index contributed by atoms with van der Waals surface area (Å²) in [4.78, 5) is 333. The van der Waals surface area contributed by atoms with Gasteiger partial charge in [-0.25, -0.2) is 9.59 Å². The van der Waals surface area contributed by atoms with Gasteiger partial charge in [0.05, 0.1) is 35.9 Å². The first-order valence-electron chi connectivity index (χ1n) is 48.7. The number of rotatable bonds is 53. The summed E-state index contributed by atoms with van der Waals surface area (Å²) in [5.74, 6) is -24.0. The molecule has 0 unspecified atom stereocenters. The molecule has 0 saturated carbocycles. The minimum atomic E-state index is -1.57. The molecule has 44 nitrogen and oxygen atoms in total. The van der Waals surface area contributed by atoms with Crippen LogP contribution < -0.4 is 63.8 Å². The Hall–Kier alpha value is -15.7. The molecule has 150 heavy (non-hydrogen) atoms. The van der Waals surface area contributed by atoms with Gasteiger partial charge in [0.2, 0.25) is 59.1 Å². The zero-order valence-corrected chi connectivity index (χ0v) is 86.6. The Morgan fingerprint density at radius 1 is 0.267 bits per heavy atom. The van der Waals surface area contributed by atoms with Crippen LogP contribution in [0.3, 0.4) is 0 Å². The molecule has 0 bridgehead atoms. The van der Waals surface area contributed by atoms with Crippen LogP contribution in [0.2, 0.25) is 0 Å². The Labute approximate surface area is 873 Å². The average Bonchev–Trinajstić information content (AvgIpc) is 0.814. The molecule has 8 atom stereocenters. The number of unbranched alkanes of at least 4 members (excludes halogenated alkanes) is 2. The molecule has 0 spiro atoms. The molecule has 0 fully saturated rings. The highest BCUT2D eigenvalue weighted by Gasteiger charge is 2.44. The number of hydrogen-bond acceptors (Lipinski definition) is 28. The van der Waals surface area contributed by atoms with Crippen LogP contribution in [0.1, 0.15) is 248 Å².